The van der Waals surface area contributed by atoms with Gasteiger partial charge < -0.3 is 15.0 Å². The predicted molar refractivity (Wildman–Crippen MR) is 134 cm³/mol. The van der Waals surface area contributed by atoms with Gasteiger partial charge in [0.25, 0.3) is 5.91 Å². The molecule has 0 spiro atoms. The quantitative estimate of drug-likeness (QED) is 0.388. The van der Waals surface area contributed by atoms with Crippen molar-refractivity contribution in [2.75, 3.05) is 13.2 Å². The molecule has 8 heteroatoms. The Kier molecular flexibility index (Phi) is 10.3. The predicted octanol–water partition coefficient (Wildman–Crippen LogP) is 6.20. The van der Waals surface area contributed by atoms with E-state index >= 15 is 0 Å². The summed E-state index contributed by atoms with van der Waals surface area (Å²) in [6.45, 7) is 8.25. The van der Waals surface area contributed by atoms with Crippen LogP contribution in [0, 0.1) is 0 Å². The summed E-state index contributed by atoms with van der Waals surface area (Å²) in [6, 6.07) is 10.3. The molecule has 1 unspecified atom stereocenters. The average molecular weight is 544 g/mol. The van der Waals surface area contributed by atoms with Crippen molar-refractivity contribution in [2.24, 2.45) is 0 Å². The molecule has 0 fully saturated rings. The molecule has 0 saturated heterocycles. The third-order valence-corrected chi connectivity index (χ3v) is 6.43. The van der Waals surface area contributed by atoms with E-state index in [1.807, 2.05) is 32.0 Å². The molecule has 0 radical (unpaired) electrons. The van der Waals surface area contributed by atoms with Gasteiger partial charge in [0.1, 0.15) is 11.8 Å². The highest BCUT2D eigenvalue weighted by atomic mass is 79.9. The molecule has 2 amide bonds. The molecule has 2 rings (SSSR count). The topological polar surface area (TPSA) is 58.6 Å². The Hall–Kier alpha value is -1.76. The summed E-state index contributed by atoms with van der Waals surface area (Å²) in [4.78, 5) is 27.4. The number of nitrogens with one attached hydrogen (secondary N) is 1. The largest absolute Gasteiger partial charge is 0.483 e. The number of carbonyl (C=O) groups is 2. The van der Waals surface area contributed by atoms with Crippen molar-refractivity contribution < 1.29 is 14.3 Å². The summed E-state index contributed by atoms with van der Waals surface area (Å²) in [5.74, 6) is 0.373. The fourth-order valence-electron chi connectivity index (χ4n) is 3.28. The maximum absolute atomic E-state index is 13.3. The third kappa shape index (κ3) is 6.87. The van der Waals surface area contributed by atoms with Crippen LogP contribution in [-0.4, -0.2) is 35.9 Å². The number of carbonyl (C=O) groups excluding carboxylic acids is 2. The Morgan fingerprint density at radius 2 is 1.78 bits per heavy atom. The van der Waals surface area contributed by atoms with Crippen molar-refractivity contribution in [2.45, 2.75) is 52.6 Å². The first-order valence-electron chi connectivity index (χ1n) is 10.6. The smallest absolute Gasteiger partial charge is 0.261 e. The number of likely N-dealkylation sites (N-methyl/N-ethyl adjacent to an activating group) is 1. The van der Waals surface area contributed by atoms with Gasteiger partial charge in [-0.2, -0.15) is 0 Å². The molecule has 0 aliphatic heterocycles. The molecule has 32 heavy (non-hydrogen) atoms. The van der Waals surface area contributed by atoms with Crippen LogP contribution in [0.3, 0.4) is 0 Å². The Balaban J connectivity index is 2.28. The molecule has 0 aliphatic carbocycles. The Morgan fingerprint density at radius 3 is 2.31 bits per heavy atom. The normalized spacial score (nSPS) is 11.9. The van der Waals surface area contributed by atoms with E-state index in [1.54, 1.807) is 18.2 Å². The van der Waals surface area contributed by atoms with Gasteiger partial charge in [0, 0.05) is 28.7 Å². The van der Waals surface area contributed by atoms with Gasteiger partial charge in [-0.05, 0) is 65.0 Å². The molecule has 1 atom stereocenters. The van der Waals surface area contributed by atoms with Gasteiger partial charge in [-0.1, -0.05) is 56.1 Å². The first kappa shape index (κ1) is 26.5. The zero-order chi connectivity index (χ0) is 23.8. The molecule has 2 aromatic rings. The number of ether oxygens (including phenoxy) is 1. The molecule has 0 aromatic heterocycles. The molecule has 5 nitrogen and oxygen atoms in total. The molecule has 0 saturated carbocycles. The van der Waals surface area contributed by atoms with E-state index in [1.165, 1.54) is 4.90 Å². The summed E-state index contributed by atoms with van der Waals surface area (Å²) in [7, 11) is 0. The lowest BCUT2D eigenvalue weighted by Gasteiger charge is -2.31. The van der Waals surface area contributed by atoms with Crippen molar-refractivity contribution in [1.29, 1.82) is 0 Å². The van der Waals surface area contributed by atoms with E-state index < -0.39 is 6.04 Å². The number of amides is 2. The lowest BCUT2D eigenvalue weighted by atomic mass is 10.0. The number of hydrogen-bond acceptors (Lipinski definition) is 3. The van der Waals surface area contributed by atoms with E-state index in [0.29, 0.717) is 40.2 Å². The summed E-state index contributed by atoms with van der Waals surface area (Å²) in [5.41, 5.74) is 1.75. The number of hydrogen-bond donors (Lipinski definition) is 1. The average Bonchev–Trinajstić information content (AvgIpc) is 2.74. The van der Waals surface area contributed by atoms with Crippen molar-refractivity contribution in [1.82, 2.24) is 10.2 Å². The van der Waals surface area contributed by atoms with Gasteiger partial charge >= 0.3 is 0 Å². The molecular weight excluding hydrogens is 515 g/mol. The van der Waals surface area contributed by atoms with Crippen LogP contribution in [0.25, 0.3) is 0 Å². The van der Waals surface area contributed by atoms with Crippen LogP contribution in [0.2, 0.25) is 10.0 Å². The van der Waals surface area contributed by atoms with E-state index in [9.17, 15) is 9.59 Å². The SMILES string of the molecule is CCNC(=O)C(CC)N(Cc1c(Cl)cccc1Cl)C(=O)COc1ccc(C(C)C)cc1Br. The zero-order valence-electron chi connectivity index (χ0n) is 18.8. The number of rotatable bonds is 10. The Morgan fingerprint density at radius 1 is 1.12 bits per heavy atom. The fourth-order valence-corrected chi connectivity index (χ4v) is 4.31. The lowest BCUT2D eigenvalue weighted by molar-refractivity contribution is -0.142. The van der Waals surface area contributed by atoms with Gasteiger partial charge in [0.15, 0.2) is 6.61 Å². The molecule has 0 heterocycles. The molecule has 2 aromatic carbocycles. The molecule has 0 bridgehead atoms. The molecular formula is C24H29BrCl2N2O3. The van der Waals surface area contributed by atoms with E-state index in [2.05, 4.69) is 35.1 Å². The van der Waals surface area contributed by atoms with E-state index in [0.717, 1.165) is 10.0 Å². The van der Waals surface area contributed by atoms with Gasteiger partial charge in [0.2, 0.25) is 5.91 Å². The monoisotopic (exact) mass is 542 g/mol. The van der Waals surface area contributed by atoms with Crippen molar-refractivity contribution in [3.8, 4) is 5.75 Å². The highest BCUT2D eigenvalue weighted by Gasteiger charge is 2.30. The zero-order valence-corrected chi connectivity index (χ0v) is 21.9. The third-order valence-electron chi connectivity index (χ3n) is 5.10. The van der Waals surface area contributed by atoms with Crippen LogP contribution in [0.1, 0.15) is 51.2 Å². The fraction of sp³-hybridized carbons (Fsp3) is 0.417. The Labute approximate surface area is 208 Å². The van der Waals surface area contributed by atoms with Gasteiger partial charge in [-0.25, -0.2) is 0 Å². The second kappa shape index (κ2) is 12.5. The van der Waals surface area contributed by atoms with Crippen LogP contribution in [0.4, 0.5) is 0 Å². The standard InChI is InChI=1S/C24H29BrCl2N2O3/c1-5-21(24(31)28-6-2)29(13-17-19(26)8-7-9-20(17)27)23(30)14-32-22-11-10-16(15(3)4)12-18(22)25/h7-12,15,21H,5-6,13-14H2,1-4H3,(H,28,31). The second-order valence-electron chi connectivity index (χ2n) is 7.67. The van der Waals surface area contributed by atoms with Gasteiger partial charge in [-0.15, -0.1) is 0 Å². The van der Waals surface area contributed by atoms with Crippen LogP contribution in [0.5, 0.6) is 5.75 Å². The second-order valence-corrected chi connectivity index (χ2v) is 9.34. The van der Waals surface area contributed by atoms with Crippen molar-refractivity contribution in [3.05, 3.63) is 62.0 Å². The Bertz CT molecular complexity index is 933. The molecule has 1 N–H and O–H groups in total. The molecule has 0 aliphatic rings. The van der Waals surface area contributed by atoms with Crippen LogP contribution in [-0.2, 0) is 16.1 Å². The summed E-state index contributed by atoms with van der Waals surface area (Å²) in [5, 5.41) is 3.68. The minimum atomic E-state index is -0.676. The highest BCUT2D eigenvalue weighted by Crippen LogP contribution is 2.30. The summed E-state index contributed by atoms with van der Waals surface area (Å²) >= 11 is 16.2. The number of halogens is 3. The maximum atomic E-state index is 13.3. The minimum Gasteiger partial charge on any atom is -0.483 e. The minimum absolute atomic E-state index is 0.101. The van der Waals surface area contributed by atoms with Crippen LogP contribution in [0.15, 0.2) is 40.9 Å². The maximum Gasteiger partial charge on any atom is 0.261 e. The first-order chi connectivity index (χ1) is 15.2. The highest BCUT2D eigenvalue weighted by molar-refractivity contribution is 9.10. The van der Waals surface area contributed by atoms with Crippen molar-refractivity contribution >= 4 is 50.9 Å². The number of nitrogens with zero attached hydrogens (tertiary/aromatic N) is 1. The molecule has 174 valence electrons. The lowest BCUT2D eigenvalue weighted by Crippen LogP contribution is -2.50. The number of benzene rings is 2. The van der Waals surface area contributed by atoms with Crippen LogP contribution < -0.4 is 10.1 Å². The van der Waals surface area contributed by atoms with Gasteiger partial charge in [-0.3, -0.25) is 9.59 Å². The van der Waals surface area contributed by atoms with Gasteiger partial charge in [0.05, 0.1) is 4.47 Å². The van der Waals surface area contributed by atoms with Crippen molar-refractivity contribution in [3.63, 3.8) is 0 Å². The first-order valence-corrected chi connectivity index (χ1v) is 12.2. The van der Waals surface area contributed by atoms with Crippen LogP contribution >= 0.6 is 39.1 Å². The summed E-state index contributed by atoms with van der Waals surface area (Å²) in [6.07, 6.45) is 0.437. The summed E-state index contributed by atoms with van der Waals surface area (Å²) < 4.78 is 6.58. The van der Waals surface area contributed by atoms with E-state index in [-0.39, 0.29) is 25.0 Å². The van der Waals surface area contributed by atoms with E-state index in [4.69, 9.17) is 27.9 Å².